The number of hydrogen-bond donors (Lipinski definition) is 1. The van der Waals surface area contributed by atoms with Gasteiger partial charge in [0, 0.05) is 32.2 Å². The third kappa shape index (κ3) is 6.76. The largest absolute Gasteiger partial charge is 0.573 e. The molecule has 37 heavy (non-hydrogen) atoms. The molecule has 4 rings (SSSR count). The second-order valence-corrected chi connectivity index (χ2v) is 11.2. The van der Waals surface area contributed by atoms with E-state index in [1.165, 1.54) is 12.1 Å². The third-order valence-electron chi connectivity index (χ3n) is 6.95. The molecule has 1 aliphatic carbocycles. The lowest BCUT2D eigenvalue weighted by molar-refractivity contribution is -0.274. The smallest absolute Gasteiger partial charge is 0.406 e. The molecule has 0 saturated heterocycles. The molecule has 0 unspecified atom stereocenters. The third-order valence-corrected chi connectivity index (χ3v) is 6.95. The van der Waals surface area contributed by atoms with Crippen molar-refractivity contribution in [2.24, 2.45) is 11.3 Å². The minimum absolute atomic E-state index is 0.0735. The van der Waals surface area contributed by atoms with Crippen LogP contribution in [0.2, 0.25) is 0 Å². The Labute approximate surface area is 215 Å². The fourth-order valence-corrected chi connectivity index (χ4v) is 5.59. The molecule has 0 aliphatic heterocycles. The van der Waals surface area contributed by atoms with Crippen LogP contribution >= 0.6 is 0 Å². The highest BCUT2D eigenvalue weighted by atomic mass is 19.4. The van der Waals surface area contributed by atoms with Crippen LogP contribution in [0.4, 0.5) is 24.8 Å². The summed E-state index contributed by atoms with van der Waals surface area (Å²) in [6, 6.07) is 12.0. The first-order valence-corrected chi connectivity index (χ1v) is 12.6. The van der Waals surface area contributed by atoms with E-state index in [1.54, 1.807) is 31.1 Å². The first-order chi connectivity index (χ1) is 17.3. The molecular weight excluding hydrogens is 481 g/mol. The van der Waals surface area contributed by atoms with Crippen LogP contribution in [-0.4, -0.2) is 40.8 Å². The number of halogens is 3. The molecule has 0 bridgehead atoms. The van der Waals surface area contributed by atoms with Crippen LogP contribution < -0.4 is 10.1 Å². The van der Waals surface area contributed by atoms with Crippen LogP contribution in [0.15, 0.2) is 42.5 Å². The van der Waals surface area contributed by atoms with Crippen molar-refractivity contribution in [3.63, 3.8) is 0 Å². The fourth-order valence-electron chi connectivity index (χ4n) is 5.59. The summed E-state index contributed by atoms with van der Waals surface area (Å²) in [7, 11) is 3.50. The van der Waals surface area contributed by atoms with Gasteiger partial charge in [-0.15, -0.1) is 13.2 Å². The number of amides is 1. The normalized spacial score (nSPS) is 19.6. The molecule has 2 aromatic carbocycles. The summed E-state index contributed by atoms with van der Waals surface area (Å²) in [5.41, 5.74) is 3.65. The van der Waals surface area contributed by atoms with E-state index >= 15 is 0 Å². The summed E-state index contributed by atoms with van der Waals surface area (Å²) in [5, 5.41) is 3.33. The number of alkyl halides is 3. The van der Waals surface area contributed by atoms with Gasteiger partial charge in [-0.2, -0.15) is 0 Å². The molecule has 6 nitrogen and oxygen atoms in total. The van der Waals surface area contributed by atoms with Crippen LogP contribution in [0, 0.1) is 11.3 Å². The standard InChI is InChI=1S/C28H35F3N4O2/c1-18-14-21(17-27(2,3)16-18)35-24-12-6-19(7-13-25(36)34(4)5)15-23(24)33-26(35)32-20-8-10-22(11-9-20)37-28(29,30)31/h6,8-12,15,18,21H,7,13-14,16-17H2,1-5H3,(H,32,33)/t18-,21+/m0/s1. The van der Waals surface area contributed by atoms with Crippen LogP contribution in [-0.2, 0) is 11.2 Å². The highest BCUT2D eigenvalue weighted by Crippen LogP contribution is 2.46. The Hall–Kier alpha value is -3.23. The van der Waals surface area contributed by atoms with Crippen molar-refractivity contribution in [1.29, 1.82) is 0 Å². The molecule has 1 N–H and O–H groups in total. The van der Waals surface area contributed by atoms with Gasteiger partial charge in [0.2, 0.25) is 11.9 Å². The van der Waals surface area contributed by atoms with Crippen molar-refractivity contribution in [3.8, 4) is 5.75 Å². The predicted octanol–water partition coefficient (Wildman–Crippen LogP) is 7.09. The number of hydrogen-bond acceptors (Lipinski definition) is 4. The predicted molar refractivity (Wildman–Crippen MR) is 139 cm³/mol. The molecule has 1 heterocycles. The molecule has 9 heteroatoms. The number of imidazole rings is 1. The molecule has 200 valence electrons. The summed E-state index contributed by atoms with van der Waals surface area (Å²) in [4.78, 5) is 18.6. The average Bonchev–Trinajstić information content (AvgIpc) is 3.13. The second kappa shape index (κ2) is 10.3. The molecule has 0 spiro atoms. The monoisotopic (exact) mass is 516 g/mol. The molecule has 1 fully saturated rings. The van der Waals surface area contributed by atoms with Crippen LogP contribution in [0.1, 0.15) is 58.1 Å². The highest BCUT2D eigenvalue weighted by molar-refractivity contribution is 5.81. The van der Waals surface area contributed by atoms with E-state index in [4.69, 9.17) is 4.98 Å². The van der Waals surface area contributed by atoms with Gasteiger partial charge in [0.05, 0.1) is 11.0 Å². The summed E-state index contributed by atoms with van der Waals surface area (Å²) < 4.78 is 43.9. The number of benzene rings is 2. The Balaban J connectivity index is 1.68. The lowest BCUT2D eigenvalue weighted by Gasteiger charge is -2.40. The average molecular weight is 517 g/mol. The number of carbonyl (C=O) groups is 1. The van der Waals surface area contributed by atoms with E-state index in [-0.39, 0.29) is 23.1 Å². The van der Waals surface area contributed by atoms with Gasteiger partial charge in [0.1, 0.15) is 5.75 Å². The number of aryl methyl sites for hydroxylation is 1. The van der Waals surface area contributed by atoms with Crippen molar-refractivity contribution in [2.75, 3.05) is 19.4 Å². The van der Waals surface area contributed by atoms with Crippen molar-refractivity contribution < 1.29 is 22.7 Å². The molecule has 2 atom stereocenters. The summed E-state index contributed by atoms with van der Waals surface area (Å²) >= 11 is 0. The van der Waals surface area contributed by atoms with Gasteiger partial charge < -0.3 is 19.5 Å². The maximum atomic E-state index is 12.6. The Morgan fingerprint density at radius 3 is 2.49 bits per heavy atom. The first-order valence-electron chi connectivity index (χ1n) is 12.6. The first kappa shape index (κ1) is 26.8. The van der Waals surface area contributed by atoms with Crippen LogP contribution in [0.5, 0.6) is 5.75 Å². The van der Waals surface area contributed by atoms with Crippen LogP contribution in [0.25, 0.3) is 11.0 Å². The van der Waals surface area contributed by atoms with Gasteiger partial charge in [-0.1, -0.05) is 26.8 Å². The number of fused-ring (bicyclic) bond motifs is 1. The maximum absolute atomic E-state index is 12.6. The van der Waals surface area contributed by atoms with E-state index in [9.17, 15) is 18.0 Å². The van der Waals surface area contributed by atoms with Gasteiger partial charge in [-0.3, -0.25) is 4.79 Å². The topological polar surface area (TPSA) is 59.4 Å². The van der Waals surface area contributed by atoms with Crippen molar-refractivity contribution in [1.82, 2.24) is 14.5 Å². The van der Waals surface area contributed by atoms with Gasteiger partial charge >= 0.3 is 6.36 Å². The van der Waals surface area contributed by atoms with E-state index < -0.39 is 6.36 Å². The van der Waals surface area contributed by atoms with Gasteiger partial charge in [0.15, 0.2) is 0 Å². The van der Waals surface area contributed by atoms with Gasteiger partial charge in [0.25, 0.3) is 0 Å². The number of rotatable bonds is 7. The molecule has 0 radical (unpaired) electrons. The Kier molecular flexibility index (Phi) is 7.44. The lowest BCUT2D eigenvalue weighted by Crippen LogP contribution is -2.29. The van der Waals surface area contributed by atoms with Crippen molar-refractivity contribution >= 4 is 28.6 Å². The second-order valence-electron chi connectivity index (χ2n) is 11.2. The Bertz CT molecular complexity index is 1250. The van der Waals surface area contributed by atoms with Gasteiger partial charge in [-0.25, -0.2) is 4.98 Å². The highest BCUT2D eigenvalue weighted by Gasteiger charge is 2.35. The molecular formula is C28H35F3N4O2. The zero-order valence-corrected chi connectivity index (χ0v) is 22.0. The van der Waals surface area contributed by atoms with E-state index in [0.29, 0.717) is 30.4 Å². The van der Waals surface area contributed by atoms with E-state index in [1.807, 2.05) is 12.1 Å². The number of aromatic nitrogens is 2. The Morgan fingerprint density at radius 2 is 1.86 bits per heavy atom. The van der Waals surface area contributed by atoms with Crippen molar-refractivity contribution in [2.45, 2.75) is 65.3 Å². The fraction of sp³-hybridized carbons (Fsp3) is 0.500. The summed E-state index contributed by atoms with van der Waals surface area (Å²) in [5.74, 6) is 1.00. The van der Waals surface area contributed by atoms with Gasteiger partial charge in [-0.05, 0) is 79.0 Å². The zero-order chi connectivity index (χ0) is 27.0. The maximum Gasteiger partial charge on any atom is 0.573 e. The number of nitrogens with one attached hydrogen (secondary N) is 1. The molecule has 1 aliphatic rings. The Morgan fingerprint density at radius 1 is 1.16 bits per heavy atom. The number of anilines is 2. The zero-order valence-electron chi connectivity index (χ0n) is 22.0. The molecule has 1 amide bonds. The van der Waals surface area contributed by atoms with Crippen molar-refractivity contribution in [3.05, 3.63) is 48.0 Å². The molecule has 3 aromatic rings. The summed E-state index contributed by atoms with van der Waals surface area (Å²) in [6.45, 7) is 6.86. The SMILES string of the molecule is C[C@H]1C[C@@H](n2c(Nc3ccc(OC(F)(F)F)cc3)nc3cc(CCC(=O)N(C)C)ccc32)CC(C)(C)C1. The van der Waals surface area contributed by atoms with E-state index in [0.717, 1.165) is 35.9 Å². The lowest BCUT2D eigenvalue weighted by atomic mass is 9.70. The number of nitrogens with zero attached hydrogens (tertiary/aromatic N) is 3. The summed E-state index contributed by atoms with van der Waals surface area (Å²) in [6.07, 6.45) is -0.524. The minimum atomic E-state index is -4.73. The minimum Gasteiger partial charge on any atom is -0.406 e. The quantitative estimate of drug-likeness (QED) is 0.364. The number of ether oxygens (including phenoxy) is 1. The number of carbonyl (C=O) groups excluding carboxylic acids is 1. The van der Waals surface area contributed by atoms with Crippen LogP contribution in [0.3, 0.4) is 0 Å². The molecule has 1 aromatic heterocycles. The van der Waals surface area contributed by atoms with E-state index in [2.05, 4.69) is 41.5 Å². The molecule has 1 saturated carbocycles.